The predicted octanol–water partition coefficient (Wildman–Crippen LogP) is 3.19. The van der Waals surface area contributed by atoms with E-state index < -0.39 is 0 Å². The van der Waals surface area contributed by atoms with Crippen molar-refractivity contribution in [3.63, 3.8) is 0 Å². The molecule has 5 nitrogen and oxygen atoms in total. The Morgan fingerprint density at radius 1 is 1.33 bits per heavy atom. The average Bonchev–Trinajstić information content (AvgIpc) is 3.15. The van der Waals surface area contributed by atoms with Crippen LogP contribution in [0.15, 0.2) is 35.7 Å². The number of amides is 1. The molecule has 0 unspecified atom stereocenters. The van der Waals surface area contributed by atoms with Crippen LogP contribution in [0.25, 0.3) is 11.1 Å². The molecule has 1 aliphatic heterocycles. The summed E-state index contributed by atoms with van der Waals surface area (Å²) < 4.78 is 0. The lowest BCUT2D eigenvalue weighted by molar-refractivity contribution is 0.0697. The van der Waals surface area contributed by atoms with Crippen LogP contribution < -0.4 is 5.32 Å². The van der Waals surface area contributed by atoms with Gasteiger partial charge >= 0.3 is 0 Å². The molecule has 2 aromatic rings. The summed E-state index contributed by atoms with van der Waals surface area (Å²) in [7, 11) is 0. The van der Waals surface area contributed by atoms with Crippen LogP contribution in [-0.2, 0) is 0 Å². The summed E-state index contributed by atoms with van der Waals surface area (Å²) in [6, 6.07) is 9.32. The number of nitrogens with one attached hydrogen (secondary N) is 1. The molecule has 1 saturated heterocycles. The van der Waals surface area contributed by atoms with Crippen LogP contribution in [0.1, 0.15) is 46.2 Å². The van der Waals surface area contributed by atoms with Crippen LogP contribution in [0.5, 0.6) is 0 Å². The predicted molar refractivity (Wildman–Crippen MR) is 108 cm³/mol. The minimum absolute atomic E-state index is 0.0395. The maximum absolute atomic E-state index is 12.5. The van der Waals surface area contributed by atoms with Crippen molar-refractivity contribution in [3.8, 4) is 11.1 Å². The number of rotatable bonds is 7. The number of carbonyl (C=O) groups is 2. The number of likely N-dealkylation sites (tertiary alicyclic amines) is 1. The van der Waals surface area contributed by atoms with Gasteiger partial charge in [-0.25, -0.2) is 0 Å². The van der Waals surface area contributed by atoms with Crippen molar-refractivity contribution in [1.29, 1.82) is 0 Å². The molecule has 0 spiro atoms. The van der Waals surface area contributed by atoms with E-state index in [1.165, 1.54) is 11.3 Å². The molecule has 1 aromatic carbocycles. The summed E-state index contributed by atoms with van der Waals surface area (Å²) in [5.74, 6) is -0.0622. The molecule has 0 bridgehead atoms. The number of piperidine rings is 1. The first-order valence-electron chi connectivity index (χ1n) is 9.42. The van der Waals surface area contributed by atoms with Gasteiger partial charge in [-0.15, -0.1) is 11.3 Å². The summed E-state index contributed by atoms with van der Waals surface area (Å²) in [6.07, 6.45) is 2.56. The summed E-state index contributed by atoms with van der Waals surface area (Å²) >= 11 is 1.42. The van der Waals surface area contributed by atoms with E-state index in [4.69, 9.17) is 0 Å². The first kappa shape index (κ1) is 19.7. The number of hydrogen-bond acceptors (Lipinski definition) is 5. The van der Waals surface area contributed by atoms with E-state index in [0.29, 0.717) is 12.1 Å². The number of carbonyl (C=O) groups excluding carboxylic acids is 2. The molecule has 0 radical (unpaired) electrons. The molecule has 27 heavy (non-hydrogen) atoms. The molecular weight excluding hydrogens is 360 g/mol. The SMILES string of the molecule is CC(=O)c1sccc1-c1cccc(C(=O)NCCCN2CCC[C@H](O)C2)c1. The van der Waals surface area contributed by atoms with Gasteiger partial charge in [-0.1, -0.05) is 12.1 Å². The number of β-amino-alcohol motifs (C(OH)–C–C–N with tert-alkyl or cyclic N) is 1. The molecule has 0 saturated carbocycles. The van der Waals surface area contributed by atoms with Crippen molar-refractivity contribution < 1.29 is 14.7 Å². The topological polar surface area (TPSA) is 69.6 Å². The lowest BCUT2D eigenvalue weighted by Crippen LogP contribution is -2.39. The Labute approximate surface area is 164 Å². The van der Waals surface area contributed by atoms with Crippen LogP contribution in [0.4, 0.5) is 0 Å². The van der Waals surface area contributed by atoms with Gasteiger partial charge < -0.3 is 15.3 Å². The Morgan fingerprint density at radius 2 is 2.19 bits per heavy atom. The maximum Gasteiger partial charge on any atom is 0.251 e. The lowest BCUT2D eigenvalue weighted by Gasteiger charge is -2.29. The van der Waals surface area contributed by atoms with Crippen LogP contribution in [-0.4, -0.2) is 54.0 Å². The molecule has 1 atom stereocenters. The molecule has 2 N–H and O–H groups in total. The molecule has 1 aliphatic rings. The van der Waals surface area contributed by atoms with Crippen molar-refractivity contribution in [2.75, 3.05) is 26.2 Å². The third kappa shape index (κ3) is 5.25. The fourth-order valence-corrected chi connectivity index (χ4v) is 4.30. The zero-order chi connectivity index (χ0) is 19.2. The van der Waals surface area contributed by atoms with Gasteiger partial charge in [0.25, 0.3) is 5.91 Å². The highest BCUT2D eigenvalue weighted by molar-refractivity contribution is 7.12. The largest absolute Gasteiger partial charge is 0.392 e. The second-order valence-electron chi connectivity index (χ2n) is 7.01. The van der Waals surface area contributed by atoms with Gasteiger partial charge in [0, 0.05) is 24.2 Å². The number of ketones is 1. The Bertz CT molecular complexity index is 802. The number of thiophene rings is 1. The van der Waals surface area contributed by atoms with E-state index in [0.717, 1.165) is 54.9 Å². The standard InChI is InChI=1S/C21H26N2O3S/c1-15(24)20-19(8-12-27-20)16-5-2-6-17(13-16)21(26)22-9-4-11-23-10-3-7-18(25)14-23/h2,5-6,8,12-13,18,25H,3-4,7,9-11,14H2,1H3,(H,22,26)/t18-/m0/s1. The molecule has 6 heteroatoms. The van der Waals surface area contributed by atoms with Crippen molar-refractivity contribution in [2.45, 2.75) is 32.3 Å². The van der Waals surface area contributed by atoms with E-state index in [1.807, 2.05) is 29.6 Å². The van der Waals surface area contributed by atoms with Crippen molar-refractivity contribution in [3.05, 3.63) is 46.2 Å². The Morgan fingerprint density at radius 3 is 2.96 bits per heavy atom. The second kappa shape index (κ2) is 9.26. The normalized spacial score (nSPS) is 17.6. The number of Topliss-reactive ketones (excluding diaryl/α,β-unsaturated/α-hetero) is 1. The molecule has 0 aliphatic carbocycles. The molecule has 2 heterocycles. The van der Waals surface area contributed by atoms with E-state index in [1.54, 1.807) is 13.0 Å². The minimum Gasteiger partial charge on any atom is -0.392 e. The van der Waals surface area contributed by atoms with E-state index >= 15 is 0 Å². The monoisotopic (exact) mass is 386 g/mol. The summed E-state index contributed by atoms with van der Waals surface area (Å²) in [5.41, 5.74) is 2.36. The number of aliphatic hydroxyl groups is 1. The minimum atomic E-state index is -0.215. The van der Waals surface area contributed by atoms with Crippen LogP contribution in [0.3, 0.4) is 0 Å². The fourth-order valence-electron chi connectivity index (χ4n) is 3.48. The van der Waals surface area contributed by atoms with Gasteiger partial charge in [-0.3, -0.25) is 9.59 Å². The van der Waals surface area contributed by atoms with E-state index in [-0.39, 0.29) is 17.8 Å². The Balaban J connectivity index is 1.54. The van der Waals surface area contributed by atoms with Gasteiger partial charge in [-0.05, 0) is 68.4 Å². The lowest BCUT2D eigenvalue weighted by atomic mass is 10.0. The smallest absolute Gasteiger partial charge is 0.251 e. The zero-order valence-electron chi connectivity index (χ0n) is 15.6. The summed E-state index contributed by atoms with van der Waals surface area (Å²) in [4.78, 5) is 27.2. The quantitative estimate of drug-likeness (QED) is 0.566. The molecule has 1 amide bonds. The first-order valence-corrected chi connectivity index (χ1v) is 10.3. The van der Waals surface area contributed by atoms with Gasteiger partial charge in [0.1, 0.15) is 0 Å². The second-order valence-corrected chi connectivity index (χ2v) is 7.92. The number of aliphatic hydroxyl groups excluding tert-OH is 1. The highest BCUT2D eigenvalue weighted by Crippen LogP contribution is 2.29. The Hall–Kier alpha value is -2.02. The van der Waals surface area contributed by atoms with Crippen LogP contribution in [0.2, 0.25) is 0 Å². The molecule has 1 aromatic heterocycles. The van der Waals surface area contributed by atoms with Crippen LogP contribution >= 0.6 is 11.3 Å². The highest BCUT2D eigenvalue weighted by atomic mass is 32.1. The third-order valence-electron chi connectivity index (χ3n) is 4.84. The van der Waals surface area contributed by atoms with Crippen LogP contribution in [0, 0.1) is 0 Å². The molecular formula is C21H26N2O3S. The van der Waals surface area contributed by atoms with Crippen molar-refractivity contribution in [2.24, 2.45) is 0 Å². The fraction of sp³-hybridized carbons (Fsp3) is 0.429. The average molecular weight is 387 g/mol. The van der Waals surface area contributed by atoms with Gasteiger partial charge in [0.15, 0.2) is 5.78 Å². The molecule has 1 fully saturated rings. The summed E-state index contributed by atoms with van der Waals surface area (Å²) in [5, 5.41) is 14.6. The zero-order valence-corrected chi connectivity index (χ0v) is 16.4. The van der Waals surface area contributed by atoms with Gasteiger partial charge in [-0.2, -0.15) is 0 Å². The number of nitrogens with zero attached hydrogens (tertiary/aromatic N) is 1. The molecule has 144 valence electrons. The van der Waals surface area contributed by atoms with Gasteiger partial charge in [0.2, 0.25) is 0 Å². The van der Waals surface area contributed by atoms with E-state index in [2.05, 4.69) is 10.2 Å². The highest BCUT2D eigenvalue weighted by Gasteiger charge is 2.17. The first-order chi connectivity index (χ1) is 13.0. The van der Waals surface area contributed by atoms with Gasteiger partial charge in [0.05, 0.1) is 11.0 Å². The number of benzene rings is 1. The molecule has 3 rings (SSSR count). The summed E-state index contributed by atoms with van der Waals surface area (Å²) in [6.45, 7) is 4.80. The van der Waals surface area contributed by atoms with E-state index in [9.17, 15) is 14.7 Å². The Kier molecular flexibility index (Phi) is 6.77. The third-order valence-corrected chi connectivity index (χ3v) is 5.85. The van der Waals surface area contributed by atoms with Crippen molar-refractivity contribution in [1.82, 2.24) is 10.2 Å². The maximum atomic E-state index is 12.5. The number of hydrogen-bond donors (Lipinski definition) is 2. The van der Waals surface area contributed by atoms with Crippen molar-refractivity contribution >= 4 is 23.0 Å².